The number of rotatable bonds is 0. The molecule has 0 saturated heterocycles. The van der Waals surface area contributed by atoms with E-state index in [4.69, 9.17) is 4.74 Å². The van der Waals surface area contributed by atoms with Crippen molar-refractivity contribution in [1.82, 2.24) is 0 Å². The average Bonchev–Trinajstić information content (AvgIpc) is 2.29. The zero-order valence-electron chi connectivity index (χ0n) is 10.8. The van der Waals surface area contributed by atoms with Crippen molar-refractivity contribution in [2.45, 2.75) is 70.6 Å². The van der Waals surface area contributed by atoms with Crippen LogP contribution in [0.2, 0.25) is 0 Å². The summed E-state index contributed by atoms with van der Waals surface area (Å²) in [6.07, 6.45) is 19.5. The standard InChI is InChI=1S/C15H28O/c1-2-4-6-8-10-12-14-16-15-13-11-9-7-5-3-1/h6,8H,1-5,7,9-15H2/b8-6+. The normalized spacial score (nSPS) is 25.0. The van der Waals surface area contributed by atoms with Crippen LogP contribution in [0.4, 0.5) is 0 Å². The first-order chi connectivity index (χ1) is 8.00. The lowest BCUT2D eigenvalue weighted by atomic mass is 10.1. The van der Waals surface area contributed by atoms with E-state index in [1.807, 2.05) is 0 Å². The minimum Gasteiger partial charge on any atom is -0.381 e. The molecule has 0 aromatic heterocycles. The Hall–Kier alpha value is -0.300. The lowest BCUT2D eigenvalue weighted by Gasteiger charge is -2.04. The van der Waals surface area contributed by atoms with Crippen molar-refractivity contribution in [1.29, 1.82) is 0 Å². The Bertz CT molecular complexity index is 145. The van der Waals surface area contributed by atoms with E-state index in [0.717, 1.165) is 13.2 Å². The van der Waals surface area contributed by atoms with Crippen LogP contribution >= 0.6 is 0 Å². The summed E-state index contributed by atoms with van der Waals surface area (Å²) in [5.74, 6) is 0. The molecule has 0 saturated carbocycles. The van der Waals surface area contributed by atoms with Crippen molar-refractivity contribution in [3.05, 3.63) is 12.2 Å². The summed E-state index contributed by atoms with van der Waals surface area (Å²) in [5.41, 5.74) is 0. The van der Waals surface area contributed by atoms with Crippen LogP contribution in [0, 0.1) is 0 Å². The highest BCUT2D eigenvalue weighted by Gasteiger charge is 1.94. The Morgan fingerprint density at radius 3 is 1.75 bits per heavy atom. The van der Waals surface area contributed by atoms with Crippen molar-refractivity contribution in [3.8, 4) is 0 Å². The lowest BCUT2D eigenvalue weighted by molar-refractivity contribution is 0.128. The molecule has 1 rings (SSSR count). The van der Waals surface area contributed by atoms with E-state index in [9.17, 15) is 0 Å². The molecule has 0 aliphatic carbocycles. The fraction of sp³-hybridized carbons (Fsp3) is 0.867. The SMILES string of the molecule is C1=C/CCCOCCCCCCCCCC/1. The van der Waals surface area contributed by atoms with Crippen LogP contribution in [0.25, 0.3) is 0 Å². The second kappa shape index (κ2) is 11.2. The van der Waals surface area contributed by atoms with E-state index in [1.165, 1.54) is 70.6 Å². The van der Waals surface area contributed by atoms with Gasteiger partial charge in [0.25, 0.3) is 0 Å². The van der Waals surface area contributed by atoms with Gasteiger partial charge in [-0.25, -0.2) is 0 Å². The smallest absolute Gasteiger partial charge is 0.0468 e. The molecule has 0 fully saturated rings. The van der Waals surface area contributed by atoms with Crippen LogP contribution in [-0.2, 0) is 4.74 Å². The second-order valence-electron chi connectivity index (χ2n) is 4.84. The van der Waals surface area contributed by atoms with Gasteiger partial charge < -0.3 is 4.74 Å². The molecule has 0 radical (unpaired) electrons. The quantitative estimate of drug-likeness (QED) is 0.534. The average molecular weight is 224 g/mol. The Balaban J connectivity index is 2.07. The Morgan fingerprint density at radius 2 is 1.00 bits per heavy atom. The molecule has 1 heteroatoms. The third-order valence-corrected chi connectivity index (χ3v) is 3.24. The molecular formula is C15H28O. The highest BCUT2D eigenvalue weighted by Crippen LogP contribution is 2.10. The molecule has 16 heavy (non-hydrogen) atoms. The number of hydrogen-bond acceptors (Lipinski definition) is 1. The van der Waals surface area contributed by atoms with Crippen LogP contribution in [0.1, 0.15) is 70.6 Å². The van der Waals surface area contributed by atoms with Crippen molar-refractivity contribution >= 4 is 0 Å². The summed E-state index contributed by atoms with van der Waals surface area (Å²) in [6.45, 7) is 1.92. The summed E-state index contributed by atoms with van der Waals surface area (Å²) in [5, 5.41) is 0. The molecule has 0 aromatic carbocycles. The predicted octanol–water partition coefficient (Wildman–Crippen LogP) is 4.86. The zero-order valence-corrected chi connectivity index (χ0v) is 10.8. The van der Waals surface area contributed by atoms with Crippen molar-refractivity contribution in [2.75, 3.05) is 13.2 Å². The van der Waals surface area contributed by atoms with Gasteiger partial charge in [0.15, 0.2) is 0 Å². The van der Waals surface area contributed by atoms with Gasteiger partial charge in [-0.05, 0) is 32.1 Å². The van der Waals surface area contributed by atoms with E-state index in [2.05, 4.69) is 12.2 Å². The molecule has 1 aliphatic rings. The molecule has 0 N–H and O–H groups in total. The molecule has 94 valence electrons. The maximum absolute atomic E-state index is 5.60. The topological polar surface area (TPSA) is 9.23 Å². The van der Waals surface area contributed by atoms with E-state index in [1.54, 1.807) is 0 Å². The first-order valence-electron chi connectivity index (χ1n) is 7.23. The number of ether oxygens (including phenoxy) is 1. The maximum Gasteiger partial charge on any atom is 0.0468 e. The van der Waals surface area contributed by atoms with Crippen molar-refractivity contribution < 1.29 is 4.74 Å². The van der Waals surface area contributed by atoms with E-state index in [0.29, 0.717) is 0 Å². The van der Waals surface area contributed by atoms with Gasteiger partial charge in [-0.2, -0.15) is 0 Å². The first kappa shape index (κ1) is 13.8. The summed E-state index contributed by atoms with van der Waals surface area (Å²) >= 11 is 0. The third-order valence-electron chi connectivity index (χ3n) is 3.24. The molecule has 0 spiro atoms. The van der Waals surface area contributed by atoms with E-state index >= 15 is 0 Å². The van der Waals surface area contributed by atoms with Crippen LogP contribution in [0.15, 0.2) is 12.2 Å². The highest BCUT2D eigenvalue weighted by molar-refractivity contribution is 4.81. The summed E-state index contributed by atoms with van der Waals surface area (Å²) in [4.78, 5) is 0. The van der Waals surface area contributed by atoms with Gasteiger partial charge in [-0.3, -0.25) is 0 Å². The minimum absolute atomic E-state index is 0.949. The fourth-order valence-corrected chi connectivity index (χ4v) is 2.17. The molecule has 0 atom stereocenters. The van der Waals surface area contributed by atoms with Crippen LogP contribution in [0.5, 0.6) is 0 Å². The Kier molecular flexibility index (Phi) is 9.63. The van der Waals surface area contributed by atoms with Crippen LogP contribution in [0.3, 0.4) is 0 Å². The molecule has 0 amide bonds. The van der Waals surface area contributed by atoms with Gasteiger partial charge in [0.05, 0.1) is 0 Å². The molecule has 0 unspecified atom stereocenters. The molecule has 1 nitrogen and oxygen atoms in total. The first-order valence-corrected chi connectivity index (χ1v) is 7.23. The molecule has 1 heterocycles. The summed E-state index contributed by atoms with van der Waals surface area (Å²) < 4.78 is 5.60. The van der Waals surface area contributed by atoms with Gasteiger partial charge >= 0.3 is 0 Å². The van der Waals surface area contributed by atoms with Gasteiger partial charge in [-0.1, -0.05) is 50.7 Å². The maximum atomic E-state index is 5.60. The number of hydrogen-bond donors (Lipinski definition) is 0. The molecule has 0 bridgehead atoms. The Morgan fingerprint density at radius 1 is 0.500 bits per heavy atom. The van der Waals surface area contributed by atoms with E-state index < -0.39 is 0 Å². The minimum atomic E-state index is 0.949. The monoisotopic (exact) mass is 224 g/mol. The lowest BCUT2D eigenvalue weighted by Crippen LogP contribution is -1.96. The molecule has 1 aliphatic heterocycles. The van der Waals surface area contributed by atoms with Crippen LogP contribution in [-0.4, -0.2) is 13.2 Å². The summed E-state index contributed by atoms with van der Waals surface area (Å²) in [6, 6.07) is 0. The molecule has 0 aromatic rings. The Labute approximate surface area is 101 Å². The van der Waals surface area contributed by atoms with E-state index in [-0.39, 0.29) is 0 Å². The zero-order chi connectivity index (χ0) is 11.3. The van der Waals surface area contributed by atoms with Gasteiger partial charge in [-0.15, -0.1) is 0 Å². The van der Waals surface area contributed by atoms with Gasteiger partial charge in [0, 0.05) is 13.2 Å². The van der Waals surface area contributed by atoms with Crippen molar-refractivity contribution in [2.24, 2.45) is 0 Å². The predicted molar refractivity (Wildman–Crippen MR) is 70.7 cm³/mol. The fourth-order valence-electron chi connectivity index (χ4n) is 2.17. The highest BCUT2D eigenvalue weighted by atomic mass is 16.5. The van der Waals surface area contributed by atoms with Gasteiger partial charge in [0.1, 0.15) is 0 Å². The number of allylic oxidation sites excluding steroid dienone is 2. The second-order valence-corrected chi connectivity index (χ2v) is 4.84. The van der Waals surface area contributed by atoms with Gasteiger partial charge in [0.2, 0.25) is 0 Å². The van der Waals surface area contributed by atoms with Crippen LogP contribution < -0.4 is 0 Å². The van der Waals surface area contributed by atoms with Crippen molar-refractivity contribution in [3.63, 3.8) is 0 Å². The summed E-state index contributed by atoms with van der Waals surface area (Å²) in [7, 11) is 0. The molecular weight excluding hydrogens is 196 g/mol. The third kappa shape index (κ3) is 8.96. The largest absolute Gasteiger partial charge is 0.381 e.